The summed E-state index contributed by atoms with van der Waals surface area (Å²) in [5.41, 5.74) is 0.0656. The van der Waals surface area contributed by atoms with E-state index < -0.39 is 11.4 Å². The van der Waals surface area contributed by atoms with Gasteiger partial charge in [-0.1, -0.05) is 6.42 Å². The van der Waals surface area contributed by atoms with Crippen molar-refractivity contribution in [3.8, 4) is 17.1 Å². The van der Waals surface area contributed by atoms with E-state index in [1.807, 2.05) is 24.3 Å². The van der Waals surface area contributed by atoms with Crippen LogP contribution in [0.15, 0.2) is 24.3 Å². The van der Waals surface area contributed by atoms with Crippen LogP contribution in [0, 0.1) is 11.3 Å². The third kappa shape index (κ3) is 3.17. The second kappa shape index (κ2) is 7.14. The van der Waals surface area contributed by atoms with Gasteiger partial charge in [-0.05, 0) is 43.0 Å². The predicted molar refractivity (Wildman–Crippen MR) is 99.6 cm³/mol. The van der Waals surface area contributed by atoms with Crippen molar-refractivity contribution in [3.05, 3.63) is 30.1 Å². The van der Waals surface area contributed by atoms with Crippen molar-refractivity contribution in [2.75, 3.05) is 20.2 Å². The monoisotopic (exact) mass is 385 g/mol. The number of carbonyl (C=O) groups excluding carboxylic acids is 1. The highest BCUT2D eigenvalue weighted by Crippen LogP contribution is 2.48. The van der Waals surface area contributed by atoms with E-state index in [9.17, 15) is 14.7 Å². The molecule has 0 bridgehead atoms. The number of H-pyrrole nitrogens is 1. The summed E-state index contributed by atoms with van der Waals surface area (Å²) in [6.45, 7) is 0.960. The maximum atomic E-state index is 12.5. The molecule has 1 aliphatic carbocycles. The average molecular weight is 385 g/mol. The van der Waals surface area contributed by atoms with Crippen molar-refractivity contribution < 1.29 is 19.4 Å². The summed E-state index contributed by atoms with van der Waals surface area (Å²) in [5.74, 6) is 1.08. The molecule has 28 heavy (non-hydrogen) atoms. The number of hydrogen-bond donors (Lipinski definition) is 3. The van der Waals surface area contributed by atoms with Gasteiger partial charge in [0.15, 0.2) is 5.82 Å². The van der Waals surface area contributed by atoms with E-state index in [0.717, 1.165) is 24.2 Å². The summed E-state index contributed by atoms with van der Waals surface area (Å²) in [6.07, 6.45) is 2.42. The molecular formula is C19H23N5O4. The van der Waals surface area contributed by atoms with E-state index in [4.69, 9.17) is 4.74 Å². The van der Waals surface area contributed by atoms with Gasteiger partial charge in [0, 0.05) is 18.7 Å². The zero-order chi connectivity index (χ0) is 19.7. The highest BCUT2D eigenvalue weighted by molar-refractivity contribution is 5.80. The lowest BCUT2D eigenvalue weighted by molar-refractivity contribution is -0.149. The number of aromatic nitrogens is 3. The van der Waals surface area contributed by atoms with E-state index in [-0.39, 0.29) is 25.0 Å². The maximum Gasteiger partial charge on any atom is 0.317 e. The molecule has 0 unspecified atom stereocenters. The van der Waals surface area contributed by atoms with E-state index in [1.165, 1.54) is 0 Å². The number of aliphatic carboxylic acids is 1. The van der Waals surface area contributed by atoms with Crippen molar-refractivity contribution >= 4 is 12.0 Å². The van der Waals surface area contributed by atoms with Crippen molar-refractivity contribution in [3.63, 3.8) is 0 Å². The molecular weight excluding hydrogens is 362 g/mol. The topological polar surface area (TPSA) is 120 Å². The Kier molecular flexibility index (Phi) is 4.66. The smallest absolute Gasteiger partial charge is 0.317 e. The van der Waals surface area contributed by atoms with Crippen LogP contribution in [0.5, 0.6) is 5.75 Å². The first-order valence-electron chi connectivity index (χ1n) is 9.34. The molecule has 9 heteroatoms. The number of aromatic amines is 1. The molecule has 9 nitrogen and oxygen atoms in total. The van der Waals surface area contributed by atoms with Crippen molar-refractivity contribution in [1.82, 2.24) is 25.4 Å². The maximum absolute atomic E-state index is 12.5. The minimum atomic E-state index is -0.787. The molecule has 3 N–H and O–H groups in total. The zero-order valence-corrected chi connectivity index (χ0v) is 15.6. The highest BCUT2D eigenvalue weighted by Gasteiger charge is 2.55. The van der Waals surface area contributed by atoms with Crippen molar-refractivity contribution in [2.24, 2.45) is 11.3 Å². The second-order valence-electron chi connectivity index (χ2n) is 7.42. The Morgan fingerprint density at radius 3 is 2.86 bits per heavy atom. The number of methoxy groups -OCH3 is 1. The Morgan fingerprint density at radius 1 is 1.39 bits per heavy atom. The zero-order valence-electron chi connectivity index (χ0n) is 15.6. The standard InChI is InChI=1S/C19H23N5O4/c1-28-14-6-4-12(5-7-14)16-21-15(22-23-16)9-20-18(27)24-10-13-3-2-8-19(13,11-24)17(25)26/h4-7,13H,2-3,8-11H2,1H3,(H,20,27)(H,25,26)(H,21,22,23)/t13-,19+/m0/s1. The first-order valence-corrected chi connectivity index (χ1v) is 9.34. The number of fused-ring (bicyclic) bond motifs is 1. The van der Waals surface area contributed by atoms with E-state index >= 15 is 0 Å². The minimum Gasteiger partial charge on any atom is -0.497 e. The number of rotatable bonds is 5. The van der Waals surface area contributed by atoms with E-state index in [1.54, 1.807) is 12.0 Å². The van der Waals surface area contributed by atoms with E-state index in [0.29, 0.717) is 24.6 Å². The molecule has 2 fully saturated rings. The molecule has 1 saturated carbocycles. The lowest BCUT2D eigenvalue weighted by atomic mass is 9.81. The first kappa shape index (κ1) is 18.3. The molecule has 0 spiro atoms. The number of ether oxygens (including phenoxy) is 1. The van der Waals surface area contributed by atoms with Crippen LogP contribution in [0.25, 0.3) is 11.4 Å². The van der Waals surface area contributed by atoms with Gasteiger partial charge in [-0.25, -0.2) is 9.78 Å². The number of carboxylic acids is 1. The summed E-state index contributed by atoms with van der Waals surface area (Å²) in [4.78, 5) is 30.3. The van der Waals surface area contributed by atoms with Gasteiger partial charge in [-0.15, -0.1) is 0 Å². The highest BCUT2D eigenvalue weighted by atomic mass is 16.5. The van der Waals surface area contributed by atoms with Gasteiger partial charge in [-0.2, -0.15) is 5.10 Å². The number of urea groups is 1. The van der Waals surface area contributed by atoms with Crippen LogP contribution in [-0.2, 0) is 11.3 Å². The number of nitrogens with one attached hydrogen (secondary N) is 2. The predicted octanol–water partition coefficient (Wildman–Crippen LogP) is 1.88. The molecule has 2 aromatic rings. The number of benzene rings is 1. The van der Waals surface area contributed by atoms with Gasteiger partial charge >= 0.3 is 12.0 Å². The summed E-state index contributed by atoms with van der Waals surface area (Å²) in [6, 6.07) is 7.11. The molecule has 4 rings (SSSR count). The third-order valence-corrected chi connectivity index (χ3v) is 5.87. The SMILES string of the molecule is COc1ccc(-c2n[nH]c(CNC(=O)N3C[C@@H]4CCC[C@@]4(C(=O)O)C3)n2)cc1. The summed E-state index contributed by atoms with van der Waals surface area (Å²) in [7, 11) is 1.61. The van der Waals surface area contributed by atoms with Crippen molar-refractivity contribution in [1.29, 1.82) is 0 Å². The molecule has 2 heterocycles. The van der Waals surface area contributed by atoms with E-state index in [2.05, 4.69) is 20.5 Å². The molecule has 148 valence electrons. The van der Waals surface area contributed by atoms with Gasteiger partial charge in [-0.3, -0.25) is 9.89 Å². The molecule has 1 aromatic heterocycles. The van der Waals surface area contributed by atoms with Gasteiger partial charge in [0.1, 0.15) is 11.6 Å². The fourth-order valence-corrected chi connectivity index (χ4v) is 4.31. The number of nitrogens with zero attached hydrogens (tertiary/aromatic N) is 3. The summed E-state index contributed by atoms with van der Waals surface area (Å²) in [5, 5.41) is 19.4. The van der Waals surface area contributed by atoms with Crippen LogP contribution in [-0.4, -0.2) is 57.4 Å². The molecule has 0 radical (unpaired) electrons. The Labute approximate surface area is 162 Å². The lowest BCUT2D eigenvalue weighted by Gasteiger charge is -2.23. The fraction of sp³-hybridized carbons (Fsp3) is 0.474. The lowest BCUT2D eigenvalue weighted by Crippen LogP contribution is -2.41. The molecule has 1 aromatic carbocycles. The van der Waals surface area contributed by atoms with Crippen LogP contribution in [0.1, 0.15) is 25.1 Å². The molecule has 2 atom stereocenters. The summed E-state index contributed by atoms with van der Waals surface area (Å²) < 4.78 is 5.14. The average Bonchev–Trinajstić information content (AvgIpc) is 3.40. The van der Waals surface area contributed by atoms with Crippen LogP contribution in [0.2, 0.25) is 0 Å². The summed E-state index contributed by atoms with van der Waals surface area (Å²) >= 11 is 0. The molecule has 2 amide bonds. The van der Waals surface area contributed by atoms with Gasteiger partial charge in [0.05, 0.1) is 19.1 Å². The molecule has 1 aliphatic heterocycles. The quantitative estimate of drug-likeness (QED) is 0.723. The Hall–Kier alpha value is -3.10. The Morgan fingerprint density at radius 2 is 2.18 bits per heavy atom. The minimum absolute atomic E-state index is 0.0442. The van der Waals surface area contributed by atoms with Gasteiger partial charge in [0.2, 0.25) is 0 Å². The Bertz CT molecular complexity index is 881. The number of amides is 2. The Balaban J connectivity index is 1.35. The fourth-order valence-electron chi connectivity index (χ4n) is 4.31. The number of hydrogen-bond acceptors (Lipinski definition) is 5. The van der Waals surface area contributed by atoms with Crippen LogP contribution in [0.4, 0.5) is 4.79 Å². The number of carbonyl (C=O) groups is 2. The molecule has 2 aliphatic rings. The van der Waals surface area contributed by atoms with Crippen LogP contribution >= 0.6 is 0 Å². The van der Waals surface area contributed by atoms with Crippen molar-refractivity contribution in [2.45, 2.75) is 25.8 Å². The number of carboxylic acid groups (broad SMARTS) is 1. The van der Waals surface area contributed by atoms with Crippen LogP contribution in [0.3, 0.4) is 0 Å². The third-order valence-electron chi connectivity index (χ3n) is 5.87. The van der Waals surface area contributed by atoms with Gasteiger partial charge < -0.3 is 20.1 Å². The molecule has 1 saturated heterocycles. The van der Waals surface area contributed by atoms with Crippen LogP contribution < -0.4 is 10.1 Å². The first-order chi connectivity index (χ1) is 13.5. The second-order valence-corrected chi connectivity index (χ2v) is 7.42. The van der Waals surface area contributed by atoms with Gasteiger partial charge in [0.25, 0.3) is 0 Å². The normalized spacial score (nSPS) is 23.5. The number of likely N-dealkylation sites (tertiary alicyclic amines) is 1. The largest absolute Gasteiger partial charge is 0.497 e.